The topological polar surface area (TPSA) is 175 Å². The molecule has 1 unspecified atom stereocenters. The number of rotatable bonds is 12. The summed E-state index contributed by atoms with van der Waals surface area (Å²) < 4.78 is 31.3. The van der Waals surface area contributed by atoms with Crippen LogP contribution >= 0.6 is 0 Å². The molecule has 1 atom stereocenters. The summed E-state index contributed by atoms with van der Waals surface area (Å²) in [5.41, 5.74) is 3.85. The second kappa shape index (κ2) is 16.8. The van der Waals surface area contributed by atoms with Gasteiger partial charge in [0.05, 0.1) is 5.56 Å². The lowest BCUT2D eigenvalue weighted by atomic mass is 9.81. The minimum Gasteiger partial charge on any atom is -0.478 e. The van der Waals surface area contributed by atoms with Crippen LogP contribution in [-0.2, 0) is 20.7 Å². The number of aryl methyl sites for hydroxylation is 1. The molecule has 280 valence electrons. The van der Waals surface area contributed by atoms with Gasteiger partial charge in [-0.15, -0.1) is 0 Å². The number of halogens is 2. The number of alkyl halides is 2. The summed E-state index contributed by atoms with van der Waals surface area (Å²) >= 11 is 0. The van der Waals surface area contributed by atoms with E-state index in [1.807, 2.05) is 31.2 Å². The highest BCUT2D eigenvalue weighted by atomic mass is 19.3. The number of benzene rings is 3. The molecule has 12 nitrogen and oxygen atoms in total. The van der Waals surface area contributed by atoms with Gasteiger partial charge in [0.25, 0.3) is 6.43 Å². The van der Waals surface area contributed by atoms with Crippen LogP contribution in [0.2, 0.25) is 0 Å². The average Bonchev–Trinajstić information content (AvgIpc) is 3.62. The van der Waals surface area contributed by atoms with E-state index in [4.69, 9.17) is 4.74 Å². The van der Waals surface area contributed by atoms with Crippen molar-refractivity contribution < 1.29 is 37.8 Å². The van der Waals surface area contributed by atoms with Crippen LogP contribution < -0.4 is 16.0 Å². The summed E-state index contributed by atoms with van der Waals surface area (Å²) in [7, 11) is 0. The highest BCUT2D eigenvalue weighted by Gasteiger charge is 2.30. The average molecular weight is 731 g/mol. The Hall–Kier alpha value is -5.66. The maximum absolute atomic E-state index is 13.7. The molecule has 1 heterocycles. The number of carbonyl (C=O) groups excluding carboxylic acids is 3. The van der Waals surface area contributed by atoms with E-state index < -0.39 is 41.9 Å². The van der Waals surface area contributed by atoms with E-state index >= 15 is 0 Å². The number of nitrogens with one attached hydrogen (secondary N) is 4. The molecule has 0 aliphatic heterocycles. The molecule has 14 heteroatoms. The molecule has 1 aliphatic carbocycles. The lowest BCUT2D eigenvalue weighted by molar-refractivity contribution is -0.130. The van der Waals surface area contributed by atoms with E-state index in [0.717, 1.165) is 35.1 Å². The van der Waals surface area contributed by atoms with Crippen LogP contribution in [0.1, 0.15) is 80.2 Å². The Morgan fingerprint density at radius 1 is 0.943 bits per heavy atom. The van der Waals surface area contributed by atoms with Crippen LogP contribution in [0.25, 0.3) is 22.5 Å². The Kier molecular flexibility index (Phi) is 12.2. The number of alkyl carbamates (subject to hydrolysis) is 1. The zero-order valence-corrected chi connectivity index (χ0v) is 30.0. The molecule has 0 bridgehead atoms. The van der Waals surface area contributed by atoms with Gasteiger partial charge in [-0.05, 0) is 118 Å². The number of hydrogen-bond acceptors (Lipinski definition) is 7. The van der Waals surface area contributed by atoms with Gasteiger partial charge < -0.3 is 25.8 Å². The molecule has 5 N–H and O–H groups in total. The van der Waals surface area contributed by atoms with Crippen molar-refractivity contribution in [1.82, 2.24) is 25.8 Å². The number of amides is 3. The van der Waals surface area contributed by atoms with Gasteiger partial charge in [0.15, 0.2) is 11.6 Å². The van der Waals surface area contributed by atoms with Gasteiger partial charge >= 0.3 is 12.1 Å². The summed E-state index contributed by atoms with van der Waals surface area (Å²) in [6.45, 7) is 7.70. The number of aromatic carboxylic acids is 1. The number of H-pyrrole nitrogens is 1. The van der Waals surface area contributed by atoms with Gasteiger partial charge in [0.1, 0.15) is 11.6 Å². The quantitative estimate of drug-likeness (QED) is 0.103. The third kappa shape index (κ3) is 10.7. The predicted octanol–water partition coefficient (Wildman–Crippen LogP) is 7.08. The molecule has 0 saturated heterocycles. The van der Waals surface area contributed by atoms with Gasteiger partial charge in [-0.3, -0.25) is 14.7 Å². The molecule has 1 fully saturated rings. The molecule has 3 aromatic carbocycles. The second-order valence-electron chi connectivity index (χ2n) is 14.3. The van der Waals surface area contributed by atoms with E-state index in [-0.39, 0.29) is 35.6 Å². The second-order valence-corrected chi connectivity index (χ2v) is 14.3. The maximum Gasteiger partial charge on any atom is 0.407 e. The number of nitrogens with zero attached hydrogens (tertiary/aromatic N) is 2. The number of carbonyl (C=O) groups is 4. The molecule has 3 amide bonds. The molecule has 1 saturated carbocycles. The summed E-state index contributed by atoms with van der Waals surface area (Å²) in [5, 5.41) is 24.0. The molecule has 1 aromatic heterocycles. The minimum absolute atomic E-state index is 0.0927. The lowest BCUT2D eigenvalue weighted by Gasteiger charge is -2.29. The number of aromatic nitrogens is 3. The van der Waals surface area contributed by atoms with Crippen molar-refractivity contribution in [3.63, 3.8) is 0 Å². The number of carboxylic acids is 1. The minimum atomic E-state index is -2.79. The zero-order chi connectivity index (χ0) is 38.3. The third-order valence-corrected chi connectivity index (χ3v) is 9.08. The van der Waals surface area contributed by atoms with Crippen LogP contribution in [0, 0.1) is 18.8 Å². The number of anilines is 1. The molecular formula is C39H44F2N6O6. The SMILES string of the molecule is Cc1cc(C(=O)O)ccc1-c1ccc(CC(NC(=O)C2CCC(CNC(=O)OC(C)(C)C)CC2)C(=O)Nc2ccc(-c3n[nH]c(C(F)F)n3)cc2)cc1. The smallest absolute Gasteiger partial charge is 0.407 e. The number of carboxylic acid groups (broad SMARTS) is 1. The standard InChI is InChI=1S/C39H44F2N6O6/c1-22-19-28(37(50)51)15-18-30(22)25-9-5-23(6-10-25)20-31(36(49)43-29-16-13-26(14-17-29)33-45-34(32(40)41)47-46-33)44-35(48)27-11-7-24(8-12-27)21-42-38(52)53-39(2,3)4/h5-6,9-10,13-19,24,27,31-32H,7-8,11-12,20-21H2,1-4H3,(H,42,52)(H,43,49)(H,44,48)(H,50,51)(H,45,46,47). The Morgan fingerprint density at radius 2 is 1.60 bits per heavy atom. The van der Waals surface area contributed by atoms with Crippen LogP contribution in [0.4, 0.5) is 19.3 Å². The predicted molar refractivity (Wildman–Crippen MR) is 194 cm³/mol. The molecule has 5 rings (SSSR count). The lowest BCUT2D eigenvalue weighted by Crippen LogP contribution is -2.48. The van der Waals surface area contributed by atoms with Crippen LogP contribution in [0.5, 0.6) is 0 Å². The van der Waals surface area contributed by atoms with Gasteiger partial charge in [-0.1, -0.05) is 30.3 Å². The summed E-state index contributed by atoms with van der Waals surface area (Å²) in [6.07, 6.45) is -0.403. The summed E-state index contributed by atoms with van der Waals surface area (Å²) in [4.78, 5) is 54.6. The van der Waals surface area contributed by atoms with Crippen molar-refractivity contribution in [2.75, 3.05) is 11.9 Å². The fourth-order valence-corrected chi connectivity index (χ4v) is 6.28. The van der Waals surface area contributed by atoms with Crippen LogP contribution in [0.15, 0.2) is 66.7 Å². The van der Waals surface area contributed by atoms with E-state index in [1.54, 1.807) is 63.2 Å². The van der Waals surface area contributed by atoms with Crippen LogP contribution in [0.3, 0.4) is 0 Å². The van der Waals surface area contributed by atoms with E-state index in [2.05, 4.69) is 31.1 Å². The first-order valence-corrected chi connectivity index (χ1v) is 17.5. The normalized spacial score (nSPS) is 16.4. The van der Waals surface area contributed by atoms with Crippen molar-refractivity contribution in [1.29, 1.82) is 0 Å². The maximum atomic E-state index is 13.7. The van der Waals surface area contributed by atoms with Crippen LogP contribution in [-0.4, -0.2) is 62.4 Å². The fraction of sp³-hybridized carbons (Fsp3) is 0.385. The molecule has 1 aliphatic rings. The summed E-state index contributed by atoms with van der Waals surface area (Å²) in [5.74, 6) is -2.22. The number of aromatic amines is 1. The highest BCUT2D eigenvalue weighted by molar-refractivity contribution is 5.98. The first kappa shape index (κ1) is 38.6. The van der Waals surface area contributed by atoms with Crippen molar-refractivity contribution in [3.8, 4) is 22.5 Å². The van der Waals surface area contributed by atoms with Crippen molar-refractivity contribution in [2.24, 2.45) is 11.8 Å². The molecule has 0 radical (unpaired) electrons. The number of hydrogen-bond donors (Lipinski definition) is 5. The van der Waals surface area contributed by atoms with E-state index in [1.165, 1.54) is 0 Å². The monoisotopic (exact) mass is 730 g/mol. The highest BCUT2D eigenvalue weighted by Crippen LogP contribution is 2.30. The van der Waals surface area contributed by atoms with Crippen molar-refractivity contribution >= 4 is 29.6 Å². The Bertz CT molecular complexity index is 1920. The van der Waals surface area contributed by atoms with Gasteiger partial charge in [0, 0.05) is 30.1 Å². The molecule has 4 aromatic rings. The fourth-order valence-electron chi connectivity index (χ4n) is 6.28. The van der Waals surface area contributed by atoms with Gasteiger partial charge in [-0.2, -0.15) is 5.10 Å². The molecule has 0 spiro atoms. The number of ether oxygens (including phenoxy) is 1. The molecule has 53 heavy (non-hydrogen) atoms. The van der Waals surface area contributed by atoms with Gasteiger partial charge in [-0.25, -0.2) is 23.4 Å². The Morgan fingerprint density at radius 3 is 2.19 bits per heavy atom. The zero-order valence-electron chi connectivity index (χ0n) is 30.0. The summed E-state index contributed by atoms with van der Waals surface area (Å²) in [6, 6.07) is 17.9. The Labute approximate surface area is 306 Å². The van der Waals surface area contributed by atoms with Crippen molar-refractivity contribution in [3.05, 3.63) is 89.2 Å². The largest absolute Gasteiger partial charge is 0.478 e. The van der Waals surface area contributed by atoms with E-state index in [0.29, 0.717) is 30.6 Å². The van der Waals surface area contributed by atoms with E-state index in [9.17, 15) is 33.1 Å². The Balaban J connectivity index is 1.26. The molecular weight excluding hydrogens is 686 g/mol. The van der Waals surface area contributed by atoms with Crippen molar-refractivity contribution in [2.45, 2.75) is 77.9 Å². The first-order valence-electron chi connectivity index (χ1n) is 17.5. The first-order chi connectivity index (χ1) is 25.1. The third-order valence-electron chi connectivity index (χ3n) is 9.08. The van der Waals surface area contributed by atoms with Gasteiger partial charge in [0.2, 0.25) is 11.8 Å².